The maximum atomic E-state index is 13.9. The summed E-state index contributed by atoms with van der Waals surface area (Å²) in [4.78, 5) is 25.1. The van der Waals surface area contributed by atoms with Gasteiger partial charge in [-0.25, -0.2) is 4.39 Å². The van der Waals surface area contributed by atoms with Crippen molar-refractivity contribution in [2.45, 2.75) is 26.4 Å². The Hall–Kier alpha value is -3.51. The van der Waals surface area contributed by atoms with Crippen molar-refractivity contribution in [1.82, 2.24) is 10.6 Å². The van der Waals surface area contributed by atoms with Gasteiger partial charge in [-0.3, -0.25) is 9.59 Å². The summed E-state index contributed by atoms with van der Waals surface area (Å²) in [6.07, 6.45) is 0. The van der Waals surface area contributed by atoms with E-state index in [-0.39, 0.29) is 30.2 Å². The predicted molar refractivity (Wildman–Crippen MR) is 120 cm³/mol. The van der Waals surface area contributed by atoms with Crippen molar-refractivity contribution in [3.05, 3.63) is 101 Å². The summed E-state index contributed by atoms with van der Waals surface area (Å²) in [6.45, 7) is 4.17. The topological polar surface area (TPSA) is 70.2 Å². The standard InChI is InChI=1S/C25H26FN3O2/c1-17-11-13-19(14-12-17)15-28-25(31)21-8-4-6-10-23(21)29-24(30)16-27-18(2)20-7-3-5-9-22(20)26/h3-14,18,27H,15-16H2,1-2H3,(H,28,31)(H,29,30). The molecule has 3 aromatic rings. The number of para-hydroxylation sites is 1. The fourth-order valence-corrected chi connectivity index (χ4v) is 3.15. The molecule has 3 aromatic carbocycles. The normalized spacial score (nSPS) is 11.6. The Labute approximate surface area is 181 Å². The molecule has 31 heavy (non-hydrogen) atoms. The Morgan fingerprint density at radius 1 is 0.935 bits per heavy atom. The van der Waals surface area contributed by atoms with Gasteiger partial charge in [0.1, 0.15) is 5.82 Å². The maximum Gasteiger partial charge on any atom is 0.253 e. The van der Waals surface area contributed by atoms with Crippen molar-refractivity contribution < 1.29 is 14.0 Å². The molecule has 0 spiro atoms. The first-order chi connectivity index (χ1) is 14.9. The number of halogens is 1. The molecular weight excluding hydrogens is 393 g/mol. The van der Waals surface area contributed by atoms with Gasteiger partial charge >= 0.3 is 0 Å². The van der Waals surface area contributed by atoms with E-state index in [1.54, 1.807) is 49.4 Å². The van der Waals surface area contributed by atoms with E-state index in [4.69, 9.17) is 0 Å². The second-order valence-electron chi connectivity index (χ2n) is 7.39. The van der Waals surface area contributed by atoms with E-state index in [2.05, 4.69) is 16.0 Å². The lowest BCUT2D eigenvalue weighted by Gasteiger charge is -2.16. The van der Waals surface area contributed by atoms with Crippen LogP contribution in [0.5, 0.6) is 0 Å². The first kappa shape index (κ1) is 22.2. The molecule has 2 amide bonds. The smallest absolute Gasteiger partial charge is 0.253 e. The second-order valence-corrected chi connectivity index (χ2v) is 7.39. The Morgan fingerprint density at radius 2 is 1.61 bits per heavy atom. The number of carbonyl (C=O) groups excluding carboxylic acids is 2. The van der Waals surface area contributed by atoms with Gasteiger partial charge in [0.2, 0.25) is 5.91 Å². The second kappa shape index (κ2) is 10.5. The quantitative estimate of drug-likeness (QED) is 0.508. The molecule has 0 heterocycles. The zero-order valence-corrected chi connectivity index (χ0v) is 17.6. The SMILES string of the molecule is Cc1ccc(CNC(=O)c2ccccc2NC(=O)CNC(C)c2ccccc2F)cc1. The number of rotatable bonds is 8. The first-order valence-electron chi connectivity index (χ1n) is 10.1. The lowest BCUT2D eigenvalue weighted by atomic mass is 10.1. The van der Waals surface area contributed by atoms with Gasteiger partial charge < -0.3 is 16.0 Å². The third-order valence-corrected chi connectivity index (χ3v) is 4.96. The zero-order chi connectivity index (χ0) is 22.2. The molecule has 0 aliphatic carbocycles. The van der Waals surface area contributed by atoms with E-state index in [0.29, 0.717) is 23.4 Å². The number of anilines is 1. The summed E-state index contributed by atoms with van der Waals surface area (Å²) in [5, 5.41) is 8.65. The molecule has 0 radical (unpaired) electrons. The summed E-state index contributed by atoms with van der Waals surface area (Å²) in [5.74, 6) is -0.912. The van der Waals surface area contributed by atoms with Crippen LogP contribution in [-0.4, -0.2) is 18.4 Å². The highest BCUT2D eigenvalue weighted by Gasteiger charge is 2.15. The lowest BCUT2D eigenvalue weighted by molar-refractivity contribution is -0.115. The molecule has 0 aliphatic heterocycles. The molecule has 0 fully saturated rings. The molecule has 3 rings (SSSR count). The zero-order valence-electron chi connectivity index (χ0n) is 17.6. The maximum absolute atomic E-state index is 13.9. The summed E-state index contributed by atoms with van der Waals surface area (Å²) in [5.41, 5.74) is 3.44. The van der Waals surface area contributed by atoms with Crippen molar-refractivity contribution in [3.8, 4) is 0 Å². The van der Waals surface area contributed by atoms with E-state index in [0.717, 1.165) is 11.1 Å². The molecule has 0 saturated heterocycles. The van der Waals surface area contributed by atoms with Crippen LogP contribution in [0.25, 0.3) is 0 Å². The van der Waals surface area contributed by atoms with E-state index in [1.807, 2.05) is 31.2 Å². The van der Waals surface area contributed by atoms with Crippen LogP contribution in [0.4, 0.5) is 10.1 Å². The monoisotopic (exact) mass is 419 g/mol. The van der Waals surface area contributed by atoms with Crippen LogP contribution < -0.4 is 16.0 Å². The Bertz CT molecular complexity index is 1050. The van der Waals surface area contributed by atoms with Gasteiger partial charge in [0.25, 0.3) is 5.91 Å². The highest BCUT2D eigenvalue weighted by molar-refractivity contribution is 6.04. The van der Waals surface area contributed by atoms with Gasteiger partial charge in [0, 0.05) is 18.2 Å². The minimum atomic E-state index is -0.333. The number of hydrogen-bond donors (Lipinski definition) is 3. The molecule has 3 N–H and O–H groups in total. The number of aryl methyl sites for hydroxylation is 1. The summed E-state index contributed by atoms with van der Waals surface area (Å²) < 4.78 is 13.9. The summed E-state index contributed by atoms with van der Waals surface area (Å²) in [7, 11) is 0. The van der Waals surface area contributed by atoms with E-state index in [9.17, 15) is 14.0 Å². The molecule has 0 aliphatic rings. The molecule has 0 bridgehead atoms. The van der Waals surface area contributed by atoms with Gasteiger partial charge in [-0.2, -0.15) is 0 Å². The molecule has 0 aromatic heterocycles. The Morgan fingerprint density at radius 3 is 2.35 bits per heavy atom. The molecule has 5 nitrogen and oxygen atoms in total. The summed E-state index contributed by atoms with van der Waals surface area (Å²) in [6, 6.07) is 20.9. The average Bonchev–Trinajstić information content (AvgIpc) is 2.77. The van der Waals surface area contributed by atoms with Crippen LogP contribution in [0.1, 0.15) is 40.0 Å². The predicted octanol–water partition coefficient (Wildman–Crippen LogP) is 4.35. The fourth-order valence-electron chi connectivity index (χ4n) is 3.15. The molecule has 6 heteroatoms. The first-order valence-corrected chi connectivity index (χ1v) is 10.1. The number of benzene rings is 3. The number of hydrogen-bond acceptors (Lipinski definition) is 3. The van der Waals surface area contributed by atoms with Crippen LogP contribution >= 0.6 is 0 Å². The molecule has 1 atom stereocenters. The largest absolute Gasteiger partial charge is 0.348 e. The van der Waals surface area contributed by atoms with E-state index < -0.39 is 0 Å². The molecule has 1 unspecified atom stereocenters. The van der Waals surface area contributed by atoms with Crippen molar-refractivity contribution in [3.63, 3.8) is 0 Å². The van der Waals surface area contributed by atoms with Gasteiger partial charge in [-0.15, -0.1) is 0 Å². The molecule has 160 valence electrons. The van der Waals surface area contributed by atoms with Crippen LogP contribution in [0.3, 0.4) is 0 Å². The van der Waals surface area contributed by atoms with Crippen molar-refractivity contribution >= 4 is 17.5 Å². The fraction of sp³-hybridized carbons (Fsp3) is 0.200. The third-order valence-electron chi connectivity index (χ3n) is 4.96. The molecule has 0 saturated carbocycles. The van der Waals surface area contributed by atoms with Crippen molar-refractivity contribution in [2.75, 3.05) is 11.9 Å². The van der Waals surface area contributed by atoms with Crippen LogP contribution in [0.2, 0.25) is 0 Å². The highest BCUT2D eigenvalue weighted by atomic mass is 19.1. The lowest BCUT2D eigenvalue weighted by Crippen LogP contribution is -2.31. The van der Waals surface area contributed by atoms with E-state index >= 15 is 0 Å². The average molecular weight is 420 g/mol. The van der Waals surface area contributed by atoms with Gasteiger partial charge in [-0.1, -0.05) is 60.2 Å². The van der Waals surface area contributed by atoms with Crippen LogP contribution in [-0.2, 0) is 11.3 Å². The van der Waals surface area contributed by atoms with Crippen LogP contribution in [0.15, 0.2) is 72.8 Å². The Balaban J connectivity index is 1.58. The third kappa shape index (κ3) is 6.23. The number of amides is 2. The number of nitrogens with one attached hydrogen (secondary N) is 3. The van der Waals surface area contributed by atoms with E-state index in [1.165, 1.54) is 6.07 Å². The Kier molecular flexibility index (Phi) is 7.51. The summed E-state index contributed by atoms with van der Waals surface area (Å²) >= 11 is 0. The minimum absolute atomic E-state index is 0.0190. The highest BCUT2D eigenvalue weighted by Crippen LogP contribution is 2.17. The van der Waals surface area contributed by atoms with Gasteiger partial charge in [-0.05, 0) is 37.6 Å². The number of carbonyl (C=O) groups is 2. The minimum Gasteiger partial charge on any atom is -0.348 e. The van der Waals surface area contributed by atoms with Gasteiger partial charge in [0.05, 0.1) is 17.8 Å². The van der Waals surface area contributed by atoms with Crippen molar-refractivity contribution in [1.29, 1.82) is 0 Å². The van der Waals surface area contributed by atoms with Crippen LogP contribution in [0, 0.1) is 12.7 Å². The van der Waals surface area contributed by atoms with Gasteiger partial charge in [0.15, 0.2) is 0 Å². The molecular formula is C25H26FN3O2. The van der Waals surface area contributed by atoms with Crippen molar-refractivity contribution in [2.24, 2.45) is 0 Å².